The third-order valence-corrected chi connectivity index (χ3v) is 2.52. The summed E-state index contributed by atoms with van der Waals surface area (Å²) >= 11 is 0. The van der Waals surface area contributed by atoms with Crippen molar-refractivity contribution < 1.29 is 18.3 Å². The minimum atomic E-state index is -0.833. The van der Waals surface area contributed by atoms with Crippen molar-refractivity contribution in [3.05, 3.63) is 29.3 Å². The third-order valence-electron chi connectivity index (χ3n) is 2.52. The van der Waals surface area contributed by atoms with Crippen LogP contribution in [0.25, 0.3) is 0 Å². The molecule has 1 aromatic carbocycles. The summed E-state index contributed by atoms with van der Waals surface area (Å²) in [7, 11) is 0. The van der Waals surface area contributed by atoms with Crippen LogP contribution in [0.15, 0.2) is 12.1 Å². The summed E-state index contributed by atoms with van der Waals surface area (Å²) in [4.78, 5) is 11.6. The lowest BCUT2D eigenvalue weighted by Gasteiger charge is -2.07. The first-order valence-electron chi connectivity index (χ1n) is 5.29. The molecule has 86 valence electrons. The van der Waals surface area contributed by atoms with E-state index in [1.54, 1.807) is 6.92 Å². The number of halogens is 2. The Kier molecular flexibility index (Phi) is 2.90. The smallest absolute Gasteiger partial charge is 0.171 e. The molecule has 0 atom stereocenters. The Balaban J connectivity index is 2.34. The van der Waals surface area contributed by atoms with Gasteiger partial charge in [0.1, 0.15) is 17.4 Å². The van der Waals surface area contributed by atoms with Crippen LogP contribution in [0.5, 0.6) is 5.75 Å². The van der Waals surface area contributed by atoms with E-state index >= 15 is 0 Å². The maximum Gasteiger partial charge on any atom is 0.171 e. The zero-order valence-corrected chi connectivity index (χ0v) is 8.93. The molecule has 2 rings (SSSR count). The van der Waals surface area contributed by atoms with Gasteiger partial charge in [-0.3, -0.25) is 4.79 Å². The second-order valence-electron chi connectivity index (χ2n) is 3.83. The highest BCUT2D eigenvalue weighted by atomic mass is 19.1. The fraction of sp³-hybridized carbons (Fsp3) is 0.417. The van der Waals surface area contributed by atoms with E-state index in [0.717, 1.165) is 25.0 Å². The molecule has 1 aliphatic rings. The van der Waals surface area contributed by atoms with Crippen molar-refractivity contribution in [2.45, 2.75) is 19.8 Å². The molecule has 0 amide bonds. The number of hydrogen-bond acceptors (Lipinski definition) is 2. The van der Waals surface area contributed by atoms with Gasteiger partial charge in [-0.2, -0.15) is 0 Å². The van der Waals surface area contributed by atoms with Crippen LogP contribution in [-0.4, -0.2) is 12.4 Å². The lowest BCUT2D eigenvalue weighted by Crippen LogP contribution is -2.08. The minimum Gasteiger partial charge on any atom is -0.494 e. The van der Waals surface area contributed by atoms with Gasteiger partial charge in [-0.15, -0.1) is 0 Å². The Bertz CT molecular complexity index is 402. The lowest BCUT2D eigenvalue weighted by atomic mass is 10.1. The summed E-state index contributed by atoms with van der Waals surface area (Å²) in [5.41, 5.74) is -0.425. The van der Waals surface area contributed by atoms with Crippen LogP contribution < -0.4 is 4.74 Å². The van der Waals surface area contributed by atoms with Crippen LogP contribution in [-0.2, 0) is 0 Å². The number of Topliss-reactive ketones (excluding diaryl/α,β-unsaturated/α-hetero) is 1. The summed E-state index contributed by atoms with van der Waals surface area (Å²) < 4.78 is 32.1. The molecular weight excluding hydrogens is 214 g/mol. The summed E-state index contributed by atoms with van der Waals surface area (Å²) in [6.45, 7) is 2.05. The summed E-state index contributed by atoms with van der Waals surface area (Å²) in [6, 6.07) is 2.12. The van der Waals surface area contributed by atoms with E-state index in [1.807, 2.05) is 0 Å². The number of hydrogen-bond donors (Lipinski definition) is 0. The molecule has 0 aliphatic heterocycles. The molecule has 2 nitrogen and oxygen atoms in total. The fourth-order valence-corrected chi connectivity index (χ4v) is 1.58. The van der Waals surface area contributed by atoms with E-state index in [4.69, 9.17) is 4.74 Å². The highest BCUT2D eigenvalue weighted by Crippen LogP contribution is 2.34. The number of carbonyl (C=O) groups is 1. The molecule has 0 heterocycles. The molecule has 1 fully saturated rings. The Morgan fingerprint density at radius 2 is 1.94 bits per heavy atom. The van der Waals surface area contributed by atoms with Crippen LogP contribution in [0.2, 0.25) is 0 Å². The molecule has 0 aromatic heterocycles. The van der Waals surface area contributed by atoms with Gasteiger partial charge in [0.15, 0.2) is 5.78 Å². The molecule has 0 radical (unpaired) electrons. The molecule has 1 aromatic rings. The Hall–Kier alpha value is -1.45. The van der Waals surface area contributed by atoms with Gasteiger partial charge in [0.25, 0.3) is 0 Å². The van der Waals surface area contributed by atoms with Crippen molar-refractivity contribution >= 4 is 5.78 Å². The first-order chi connectivity index (χ1) is 7.63. The van der Waals surface area contributed by atoms with Gasteiger partial charge in [0, 0.05) is 18.1 Å². The predicted molar refractivity (Wildman–Crippen MR) is 54.6 cm³/mol. The van der Waals surface area contributed by atoms with Crippen molar-refractivity contribution in [3.8, 4) is 5.75 Å². The van der Waals surface area contributed by atoms with Crippen molar-refractivity contribution in [1.29, 1.82) is 0 Å². The molecule has 0 N–H and O–H groups in total. The number of ether oxygens (including phenoxy) is 1. The summed E-state index contributed by atoms with van der Waals surface area (Å²) in [6.07, 6.45) is 1.45. The van der Waals surface area contributed by atoms with Crippen LogP contribution in [0.1, 0.15) is 30.1 Å². The first kappa shape index (κ1) is 11.0. The predicted octanol–water partition coefficient (Wildman–Crippen LogP) is 2.96. The molecular formula is C12H12F2O2. The van der Waals surface area contributed by atoms with E-state index in [2.05, 4.69) is 0 Å². The SMILES string of the molecule is CCOc1cc(F)c(C(=O)C2CC2)c(F)c1. The van der Waals surface area contributed by atoms with Crippen LogP contribution in [0.4, 0.5) is 8.78 Å². The van der Waals surface area contributed by atoms with Gasteiger partial charge in [-0.1, -0.05) is 0 Å². The van der Waals surface area contributed by atoms with Crippen molar-refractivity contribution in [3.63, 3.8) is 0 Å². The van der Waals surface area contributed by atoms with Crippen molar-refractivity contribution in [1.82, 2.24) is 0 Å². The van der Waals surface area contributed by atoms with Gasteiger partial charge in [0.2, 0.25) is 0 Å². The van der Waals surface area contributed by atoms with Gasteiger partial charge >= 0.3 is 0 Å². The second kappa shape index (κ2) is 4.20. The van der Waals surface area contributed by atoms with Crippen molar-refractivity contribution in [2.24, 2.45) is 5.92 Å². The summed E-state index contributed by atoms with van der Waals surface area (Å²) in [5.74, 6) is -2.18. The zero-order chi connectivity index (χ0) is 11.7. The molecule has 0 unspecified atom stereocenters. The largest absolute Gasteiger partial charge is 0.494 e. The lowest BCUT2D eigenvalue weighted by molar-refractivity contribution is 0.0959. The van der Waals surface area contributed by atoms with Crippen LogP contribution in [0.3, 0.4) is 0 Å². The average Bonchev–Trinajstić information content (AvgIpc) is 2.99. The molecule has 0 spiro atoms. The molecule has 1 saturated carbocycles. The molecule has 0 bridgehead atoms. The van der Waals surface area contributed by atoms with Gasteiger partial charge in [-0.25, -0.2) is 8.78 Å². The van der Waals surface area contributed by atoms with E-state index in [9.17, 15) is 13.6 Å². The van der Waals surface area contributed by atoms with E-state index in [-0.39, 0.29) is 11.7 Å². The van der Waals surface area contributed by atoms with E-state index in [0.29, 0.717) is 6.61 Å². The summed E-state index contributed by atoms with van der Waals surface area (Å²) in [5, 5.41) is 0. The first-order valence-corrected chi connectivity index (χ1v) is 5.29. The standard InChI is InChI=1S/C12H12F2O2/c1-2-16-8-5-9(13)11(10(14)6-8)12(15)7-3-4-7/h5-7H,2-4H2,1H3. The van der Waals surface area contributed by atoms with E-state index in [1.165, 1.54) is 0 Å². The van der Waals surface area contributed by atoms with Gasteiger partial charge < -0.3 is 4.74 Å². The maximum absolute atomic E-state index is 13.5. The Labute approximate surface area is 92.2 Å². The Morgan fingerprint density at radius 3 is 2.38 bits per heavy atom. The number of benzene rings is 1. The van der Waals surface area contributed by atoms with Crippen LogP contribution >= 0.6 is 0 Å². The average molecular weight is 226 g/mol. The fourth-order valence-electron chi connectivity index (χ4n) is 1.58. The van der Waals surface area contributed by atoms with Gasteiger partial charge in [0.05, 0.1) is 12.2 Å². The Morgan fingerprint density at radius 1 is 1.38 bits per heavy atom. The number of rotatable bonds is 4. The molecule has 4 heteroatoms. The topological polar surface area (TPSA) is 26.3 Å². The van der Waals surface area contributed by atoms with Crippen molar-refractivity contribution in [2.75, 3.05) is 6.61 Å². The molecule has 1 aliphatic carbocycles. The number of carbonyl (C=O) groups excluding carboxylic acids is 1. The minimum absolute atomic E-state index is 0.116. The monoisotopic (exact) mass is 226 g/mol. The normalized spacial score (nSPS) is 14.9. The van der Waals surface area contributed by atoms with E-state index < -0.39 is 23.0 Å². The zero-order valence-electron chi connectivity index (χ0n) is 8.93. The highest BCUT2D eigenvalue weighted by molar-refractivity contribution is 5.99. The van der Waals surface area contributed by atoms with Crippen LogP contribution in [0, 0.1) is 17.6 Å². The third kappa shape index (κ3) is 2.05. The molecule has 16 heavy (non-hydrogen) atoms. The maximum atomic E-state index is 13.5. The second-order valence-corrected chi connectivity index (χ2v) is 3.83. The van der Waals surface area contributed by atoms with Gasteiger partial charge in [-0.05, 0) is 19.8 Å². The highest BCUT2D eigenvalue weighted by Gasteiger charge is 2.34. The quantitative estimate of drug-likeness (QED) is 0.738. The molecule has 0 saturated heterocycles. The number of ketones is 1.